The molecule has 1 aliphatic carbocycles. The maximum atomic E-state index is 12.8. The third kappa shape index (κ3) is 3.60. The number of hydrogen-bond donors (Lipinski definition) is 0. The summed E-state index contributed by atoms with van der Waals surface area (Å²) in [7, 11) is -0.541. The quantitative estimate of drug-likeness (QED) is 0.726. The molecular formula is C20H29BN2O5. The molecule has 8 heteroatoms. The van der Waals surface area contributed by atoms with Crippen LogP contribution in [0.25, 0.3) is 0 Å². The highest BCUT2D eigenvalue weighted by atomic mass is 16.7. The lowest BCUT2D eigenvalue weighted by Gasteiger charge is -2.32. The zero-order valence-electron chi connectivity index (χ0n) is 17.2. The van der Waals surface area contributed by atoms with Gasteiger partial charge in [-0.05, 0) is 59.4 Å². The Morgan fingerprint density at radius 1 is 1.18 bits per heavy atom. The lowest BCUT2D eigenvalue weighted by atomic mass is 9.80. The van der Waals surface area contributed by atoms with Crippen LogP contribution in [-0.4, -0.2) is 48.7 Å². The van der Waals surface area contributed by atoms with Crippen molar-refractivity contribution in [3.05, 3.63) is 12.3 Å². The monoisotopic (exact) mass is 388 g/mol. The molecule has 3 heterocycles. The van der Waals surface area contributed by atoms with Gasteiger partial charge in [-0.1, -0.05) is 6.42 Å². The van der Waals surface area contributed by atoms with E-state index in [9.17, 15) is 4.79 Å². The number of amides is 1. The van der Waals surface area contributed by atoms with Crippen molar-refractivity contribution in [2.24, 2.45) is 0 Å². The van der Waals surface area contributed by atoms with E-state index >= 15 is 0 Å². The Morgan fingerprint density at radius 2 is 1.86 bits per heavy atom. The molecule has 0 unspecified atom stereocenters. The van der Waals surface area contributed by atoms with Gasteiger partial charge in [0.1, 0.15) is 18.4 Å². The van der Waals surface area contributed by atoms with Gasteiger partial charge in [-0.25, -0.2) is 9.78 Å². The fourth-order valence-corrected chi connectivity index (χ4v) is 3.80. The van der Waals surface area contributed by atoms with E-state index in [2.05, 4.69) is 4.98 Å². The van der Waals surface area contributed by atoms with E-state index in [0.29, 0.717) is 24.7 Å². The predicted molar refractivity (Wildman–Crippen MR) is 106 cm³/mol. The first-order valence-electron chi connectivity index (χ1n) is 10.2. The number of hydrogen-bond acceptors (Lipinski definition) is 6. The van der Waals surface area contributed by atoms with E-state index in [1.807, 2.05) is 33.8 Å². The summed E-state index contributed by atoms with van der Waals surface area (Å²) in [5, 5.41) is 0. The van der Waals surface area contributed by atoms with Crippen LogP contribution in [0.1, 0.15) is 59.8 Å². The zero-order chi connectivity index (χ0) is 19.9. The SMILES string of the molecule is CC1(C)OB(c2cnc3c(c2)N(C(=O)OC2CCCCC2)CCO3)OC1(C)C. The molecule has 0 N–H and O–H groups in total. The Bertz CT molecular complexity index is 732. The second-order valence-corrected chi connectivity index (χ2v) is 8.83. The lowest BCUT2D eigenvalue weighted by Crippen LogP contribution is -2.42. The molecule has 1 aromatic rings. The van der Waals surface area contributed by atoms with Crippen molar-refractivity contribution in [3.8, 4) is 5.88 Å². The molecule has 1 saturated carbocycles. The molecule has 3 aliphatic rings. The van der Waals surface area contributed by atoms with Gasteiger partial charge in [-0.2, -0.15) is 0 Å². The summed E-state index contributed by atoms with van der Waals surface area (Å²) >= 11 is 0. The van der Waals surface area contributed by atoms with Crippen molar-refractivity contribution < 1.29 is 23.6 Å². The fraction of sp³-hybridized carbons (Fsp3) is 0.700. The summed E-state index contributed by atoms with van der Waals surface area (Å²) in [5.41, 5.74) is 0.491. The van der Waals surface area contributed by atoms with Crippen molar-refractivity contribution in [1.82, 2.24) is 4.98 Å². The van der Waals surface area contributed by atoms with Crippen molar-refractivity contribution in [1.29, 1.82) is 0 Å². The van der Waals surface area contributed by atoms with Gasteiger partial charge in [0.2, 0.25) is 5.88 Å². The summed E-state index contributed by atoms with van der Waals surface area (Å²) in [6.07, 6.45) is 6.70. The van der Waals surface area contributed by atoms with E-state index < -0.39 is 18.3 Å². The average molecular weight is 388 g/mol. The highest BCUT2D eigenvalue weighted by Crippen LogP contribution is 2.37. The second-order valence-electron chi connectivity index (χ2n) is 8.83. The molecule has 0 aromatic carbocycles. The molecule has 0 bridgehead atoms. The maximum absolute atomic E-state index is 12.8. The van der Waals surface area contributed by atoms with Crippen molar-refractivity contribution >= 4 is 24.4 Å². The second kappa shape index (κ2) is 7.23. The van der Waals surface area contributed by atoms with Crippen LogP contribution in [0.3, 0.4) is 0 Å². The Hall–Kier alpha value is -1.80. The van der Waals surface area contributed by atoms with Gasteiger partial charge in [0.25, 0.3) is 0 Å². The molecule has 2 fully saturated rings. The van der Waals surface area contributed by atoms with Gasteiger partial charge in [0.05, 0.1) is 17.7 Å². The first kappa shape index (κ1) is 19.5. The van der Waals surface area contributed by atoms with Crippen LogP contribution < -0.4 is 15.1 Å². The molecule has 0 radical (unpaired) electrons. The summed E-state index contributed by atoms with van der Waals surface area (Å²) in [4.78, 5) is 18.9. The van der Waals surface area contributed by atoms with E-state index in [1.165, 1.54) is 6.42 Å². The molecule has 4 rings (SSSR count). The van der Waals surface area contributed by atoms with Crippen LogP contribution in [0.5, 0.6) is 5.88 Å². The predicted octanol–water partition coefficient (Wildman–Crippen LogP) is 3.05. The van der Waals surface area contributed by atoms with E-state index in [4.69, 9.17) is 18.8 Å². The minimum absolute atomic E-state index is 0.00628. The molecular weight excluding hydrogens is 359 g/mol. The standard InChI is InChI=1S/C20H29BN2O5/c1-19(2)20(3,4)28-21(27-19)14-12-16-17(22-13-14)25-11-10-23(16)18(24)26-15-8-6-5-7-9-15/h12-13,15H,5-11H2,1-4H3. The lowest BCUT2D eigenvalue weighted by molar-refractivity contribution is 0.00578. The number of aromatic nitrogens is 1. The summed E-state index contributed by atoms with van der Waals surface area (Å²) < 4.78 is 23.7. The van der Waals surface area contributed by atoms with Gasteiger partial charge in [0.15, 0.2) is 0 Å². The highest BCUT2D eigenvalue weighted by molar-refractivity contribution is 6.62. The number of nitrogens with zero attached hydrogens (tertiary/aromatic N) is 2. The number of carbonyl (C=O) groups is 1. The summed E-state index contributed by atoms with van der Waals surface area (Å²) in [6, 6.07) is 1.87. The average Bonchev–Trinajstić information content (AvgIpc) is 2.89. The molecule has 1 saturated heterocycles. The number of anilines is 1. The fourth-order valence-electron chi connectivity index (χ4n) is 3.80. The molecule has 0 spiro atoms. The minimum atomic E-state index is -0.541. The largest absolute Gasteiger partial charge is 0.496 e. The van der Waals surface area contributed by atoms with Gasteiger partial charge in [0, 0.05) is 11.7 Å². The molecule has 1 aromatic heterocycles. The number of ether oxygens (including phenoxy) is 2. The normalized spacial score (nSPS) is 23.9. The smallest absolute Gasteiger partial charge is 0.474 e. The highest BCUT2D eigenvalue weighted by Gasteiger charge is 2.52. The molecule has 1 amide bonds. The third-order valence-electron chi connectivity index (χ3n) is 6.26. The number of rotatable bonds is 2. The summed E-state index contributed by atoms with van der Waals surface area (Å²) in [5.74, 6) is 0.437. The van der Waals surface area contributed by atoms with Crippen LogP contribution >= 0.6 is 0 Å². The van der Waals surface area contributed by atoms with Crippen molar-refractivity contribution in [2.75, 3.05) is 18.1 Å². The Labute approximate surface area is 166 Å². The number of fused-ring (bicyclic) bond motifs is 1. The van der Waals surface area contributed by atoms with E-state index in [-0.39, 0.29) is 12.2 Å². The Balaban J connectivity index is 1.55. The van der Waals surface area contributed by atoms with E-state index in [1.54, 1.807) is 11.1 Å². The molecule has 7 nitrogen and oxygen atoms in total. The molecule has 0 atom stereocenters. The van der Waals surface area contributed by atoms with Gasteiger partial charge >= 0.3 is 13.2 Å². The van der Waals surface area contributed by atoms with Gasteiger partial charge in [-0.3, -0.25) is 4.90 Å². The van der Waals surface area contributed by atoms with Crippen LogP contribution in [0.15, 0.2) is 12.3 Å². The van der Waals surface area contributed by atoms with Crippen molar-refractivity contribution in [3.63, 3.8) is 0 Å². The first-order valence-corrected chi connectivity index (χ1v) is 10.2. The first-order chi connectivity index (χ1) is 13.3. The third-order valence-corrected chi connectivity index (χ3v) is 6.26. The van der Waals surface area contributed by atoms with Crippen LogP contribution in [0.2, 0.25) is 0 Å². The van der Waals surface area contributed by atoms with Gasteiger partial charge in [-0.15, -0.1) is 0 Å². The van der Waals surface area contributed by atoms with Crippen molar-refractivity contribution in [2.45, 2.75) is 77.1 Å². The van der Waals surface area contributed by atoms with Crippen LogP contribution in [0.4, 0.5) is 10.5 Å². The molecule has 152 valence electrons. The zero-order valence-corrected chi connectivity index (χ0v) is 17.2. The van der Waals surface area contributed by atoms with Crippen LogP contribution in [0, 0.1) is 0 Å². The summed E-state index contributed by atoms with van der Waals surface area (Å²) in [6.45, 7) is 8.87. The number of pyridine rings is 1. The van der Waals surface area contributed by atoms with Crippen LogP contribution in [-0.2, 0) is 14.0 Å². The molecule has 28 heavy (non-hydrogen) atoms. The Kier molecular flexibility index (Phi) is 5.04. The number of carbonyl (C=O) groups excluding carboxylic acids is 1. The molecule has 2 aliphatic heterocycles. The van der Waals surface area contributed by atoms with E-state index in [0.717, 1.165) is 31.1 Å². The minimum Gasteiger partial charge on any atom is -0.474 e. The maximum Gasteiger partial charge on any atom is 0.496 e. The Morgan fingerprint density at radius 3 is 2.54 bits per heavy atom. The van der Waals surface area contributed by atoms with Gasteiger partial charge < -0.3 is 18.8 Å². The topological polar surface area (TPSA) is 70.1 Å².